The zero-order chi connectivity index (χ0) is 22.6. The van der Waals surface area contributed by atoms with E-state index in [1.807, 2.05) is 12.1 Å². The van der Waals surface area contributed by atoms with E-state index in [9.17, 15) is 14.9 Å². The van der Waals surface area contributed by atoms with Crippen LogP contribution in [0.15, 0.2) is 24.3 Å². The number of aromatic nitrogens is 2. The van der Waals surface area contributed by atoms with Crippen molar-refractivity contribution in [2.24, 2.45) is 0 Å². The lowest BCUT2D eigenvalue weighted by Crippen LogP contribution is -2.52. The van der Waals surface area contributed by atoms with Gasteiger partial charge in [0.15, 0.2) is 0 Å². The summed E-state index contributed by atoms with van der Waals surface area (Å²) >= 11 is 0. The van der Waals surface area contributed by atoms with Gasteiger partial charge in [-0.2, -0.15) is 5.10 Å². The van der Waals surface area contributed by atoms with Gasteiger partial charge in [-0.25, -0.2) is 0 Å². The molecule has 1 N–H and O–H groups in total. The predicted molar refractivity (Wildman–Crippen MR) is 120 cm³/mol. The summed E-state index contributed by atoms with van der Waals surface area (Å²) in [7, 11) is 4.21. The van der Waals surface area contributed by atoms with Crippen LogP contribution in [0.5, 0.6) is 0 Å². The second-order valence-electron chi connectivity index (χ2n) is 8.85. The summed E-state index contributed by atoms with van der Waals surface area (Å²) in [5.74, 6) is -0.0706. The van der Waals surface area contributed by atoms with Crippen molar-refractivity contribution in [3.05, 3.63) is 56.9 Å². The second-order valence-corrected chi connectivity index (χ2v) is 8.85. The minimum Gasteiger partial charge on any atom is -0.350 e. The monoisotopic (exact) mass is 427 g/mol. The highest BCUT2D eigenvalue weighted by atomic mass is 16.6. The lowest BCUT2D eigenvalue weighted by Gasteiger charge is -2.39. The largest absolute Gasteiger partial charge is 0.350 e. The van der Waals surface area contributed by atoms with Crippen LogP contribution in [0.4, 0.5) is 5.69 Å². The SMILES string of the molecule is Cc1nn(Cc2ccc(C(=O)NCC3(N(C)C)CCCCCC3)cc2)c(C)c1[N+](=O)[O-]. The number of amides is 1. The molecule has 0 unspecified atom stereocenters. The molecule has 1 aliphatic carbocycles. The second kappa shape index (κ2) is 9.60. The number of hydrogen-bond donors (Lipinski definition) is 1. The molecule has 31 heavy (non-hydrogen) atoms. The summed E-state index contributed by atoms with van der Waals surface area (Å²) in [6, 6.07) is 7.37. The van der Waals surface area contributed by atoms with Crippen LogP contribution in [-0.4, -0.2) is 51.7 Å². The van der Waals surface area contributed by atoms with Crippen molar-refractivity contribution < 1.29 is 9.72 Å². The zero-order valence-electron chi connectivity index (χ0n) is 19.0. The molecular weight excluding hydrogens is 394 g/mol. The molecule has 1 heterocycles. The van der Waals surface area contributed by atoms with Crippen molar-refractivity contribution in [2.45, 2.75) is 64.5 Å². The lowest BCUT2D eigenvalue weighted by molar-refractivity contribution is -0.386. The zero-order valence-corrected chi connectivity index (χ0v) is 19.0. The van der Waals surface area contributed by atoms with Gasteiger partial charge >= 0.3 is 5.69 Å². The first-order chi connectivity index (χ1) is 14.7. The maximum atomic E-state index is 12.8. The minimum atomic E-state index is -0.392. The van der Waals surface area contributed by atoms with E-state index in [0.717, 1.165) is 18.4 Å². The van der Waals surface area contributed by atoms with E-state index in [1.54, 1.807) is 30.7 Å². The topological polar surface area (TPSA) is 93.3 Å². The number of aryl methyl sites for hydroxylation is 1. The van der Waals surface area contributed by atoms with Gasteiger partial charge in [-0.15, -0.1) is 0 Å². The number of carbonyl (C=O) groups is 1. The Labute approximate surface area is 183 Å². The first kappa shape index (κ1) is 22.9. The summed E-state index contributed by atoms with van der Waals surface area (Å²) in [6.45, 7) is 4.42. The number of hydrogen-bond acceptors (Lipinski definition) is 5. The van der Waals surface area contributed by atoms with E-state index in [4.69, 9.17) is 0 Å². The number of rotatable bonds is 7. The maximum absolute atomic E-state index is 12.8. The van der Waals surface area contributed by atoms with Crippen LogP contribution in [0.1, 0.15) is 65.8 Å². The van der Waals surface area contributed by atoms with Crippen LogP contribution in [0.2, 0.25) is 0 Å². The molecule has 0 saturated heterocycles. The number of nitrogens with zero attached hydrogens (tertiary/aromatic N) is 4. The number of carbonyl (C=O) groups excluding carboxylic acids is 1. The number of nitro groups is 1. The Kier molecular flexibility index (Phi) is 7.10. The Hall–Kier alpha value is -2.74. The molecule has 1 aliphatic rings. The van der Waals surface area contributed by atoms with Crippen LogP contribution in [-0.2, 0) is 6.54 Å². The molecule has 2 aromatic rings. The van der Waals surface area contributed by atoms with Gasteiger partial charge in [0.1, 0.15) is 11.4 Å². The lowest BCUT2D eigenvalue weighted by atomic mass is 9.88. The standard InChI is InChI=1S/C23H33N5O3/c1-17-21(28(30)31)18(2)27(25-17)15-19-9-11-20(12-10-19)22(29)24-16-23(26(3)4)13-7-5-6-8-14-23/h9-12H,5-8,13-16H2,1-4H3,(H,24,29). The highest BCUT2D eigenvalue weighted by molar-refractivity contribution is 5.94. The average molecular weight is 428 g/mol. The molecule has 0 radical (unpaired) electrons. The summed E-state index contributed by atoms with van der Waals surface area (Å²) in [5, 5.41) is 18.6. The Morgan fingerprint density at radius 1 is 1.16 bits per heavy atom. The van der Waals surface area contributed by atoms with Gasteiger partial charge in [0.2, 0.25) is 0 Å². The van der Waals surface area contributed by atoms with Gasteiger partial charge in [-0.3, -0.25) is 19.6 Å². The smallest absolute Gasteiger partial charge is 0.312 e. The molecule has 8 nitrogen and oxygen atoms in total. The molecule has 0 bridgehead atoms. The molecule has 0 spiro atoms. The van der Waals surface area contributed by atoms with E-state index in [0.29, 0.717) is 30.0 Å². The molecular formula is C23H33N5O3. The molecule has 8 heteroatoms. The molecule has 1 saturated carbocycles. The highest BCUT2D eigenvalue weighted by Gasteiger charge is 2.33. The molecule has 0 atom stereocenters. The molecule has 3 rings (SSSR count). The minimum absolute atomic E-state index is 0.0241. The summed E-state index contributed by atoms with van der Waals surface area (Å²) in [5.41, 5.74) is 2.57. The molecule has 1 aromatic carbocycles. The molecule has 1 aromatic heterocycles. The first-order valence-corrected chi connectivity index (χ1v) is 11.0. The van der Waals surface area contributed by atoms with Crippen molar-refractivity contribution in [2.75, 3.05) is 20.6 Å². The van der Waals surface area contributed by atoms with E-state index in [1.165, 1.54) is 25.7 Å². The van der Waals surface area contributed by atoms with E-state index in [2.05, 4.69) is 29.4 Å². The van der Waals surface area contributed by atoms with Gasteiger partial charge in [0.05, 0.1) is 11.5 Å². The average Bonchev–Trinajstić information content (AvgIpc) is 2.89. The van der Waals surface area contributed by atoms with Gasteiger partial charge < -0.3 is 10.2 Å². The highest BCUT2D eigenvalue weighted by Crippen LogP contribution is 2.30. The number of nitrogens with one attached hydrogen (secondary N) is 1. The number of likely N-dealkylation sites (N-methyl/N-ethyl adjacent to an activating group) is 1. The fraction of sp³-hybridized carbons (Fsp3) is 0.565. The van der Waals surface area contributed by atoms with Crippen LogP contribution >= 0.6 is 0 Å². The van der Waals surface area contributed by atoms with Gasteiger partial charge in [0.25, 0.3) is 5.91 Å². The third-order valence-electron chi connectivity index (χ3n) is 6.64. The molecule has 1 fully saturated rings. The quantitative estimate of drug-likeness (QED) is 0.412. The fourth-order valence-corrected chi connectivity index (χ4v) is 4.56. The van der Waals surface area contributed by atoms with Crippen LogP contribution in [0.3, 0.4) is 0 Å². The van der Waals surface area contributed by atoms with Gasteiger partial charge in [0, 0.05) is 17.6 Å². The Morgan fingerprint density at radius 3 is 2.29 bits per heavy atom. The third kappa shape index (κ3) is 5.12. The Bertz CT molecular complexity index is 925. The summed E-state index contributed by atoms with van der Waals surface area (Å²) in [6.07, 6.45) is 7.15. The van der Waals surface area contributed by atoms with Gasteiger partial charge in [-0.05, 0) is 58.5 Å². The van der Waals surface area contributed by atoms with E-state index >= 15 is 0 Å². The third-order valence-corrected chi connectivity index (χ3v) is 6.64. The van der Waals surface area contributed by atoms with E-state index in [-0.39, 0.29) is 17.1 Å². The van der Waals surface area contributed by atoms with Crippen LogP contribution in [0.25, 0.3) is 0 Å². The normalized spacial score (nSPS) is 16.2. The van der Waals surface area contributed by atoms with Crippen molar-refractivity contribution >= 4 is 11.6 Å². The van der Waals surface area contributed by atoms with E-state index < -0.39 is 4.92 Å². The summed E-state index contributed by atoms with van der Waals surface area (Å²) < 4.78 is 1.63. The Morgan fingerprint density at radius 2 is 1.77 bits per heavy atom. The number of benzene rings is 1. The van der Waals surface area contributed by atoms with Crippen molar-refractivity contribution in [1.29, 1.82) is 0 Å². The maximum Gasteiger partial charge on any atom is 0.312 e. The summed E-state index contributed by atoms with van der Waals surface area (Å²) in [4.78, 5) is 25.8. The molecule has 1 amide bonds. The van der Waals surface area contributed by atoms with Crippen molar-refractivity contribution in [3.63, 3.8) is 0 Å². The van der Waals surface area contributed by atoms with Crippen molar-refractivity contribution in [1.82, 2.24) is 20.0 Å². The molecule has 168 valence electrons. The predicted octanol–water partition coefficient (Wildman–Crippen LogP) is 3.84. The van der Waals surface area contributed by atoms with Crippen molar-refractivity contribution in [3.8, 4) is 0 Å². The van der Waals surface area contributed by atoms with Crippen LogP contribution < -0.4 is 5.32 Å². The van der Waals surface area contributed by atoms with Crippen LogP contribution in [0, 0.1) is 24.0 Å². The first-order valence-electron chi connectivity index (χ1n) is 11.0. The molecule has 0 aliphatic heterocycles. The fourth-order valence-electron chi connectivity index (χ4n) is 4.56. The Balaban J connectivity index is 1.65. The van der Waals surface area contributed by atoms with Gasteiger partial charge in [-0.1, -0.05) is 37.8 Å².